The number of amides is 1. The number of nitrogens with zero attached hydrogens (tertiary/aromatic N) is 1. The lowest BCUT2D eigenvalue weighted by Gasteiger charge is -2.23. The van der Waals surface area contributed by atoms with Crippen molar-refractivity contribution in [3.63, 3.8) is 0 Å². The van der Waals surface area contributed by atoms with Crippen molar-refractivity contribution in [2.75, 3.05) is 35.0 Å². The molecule has 10 heteroatoms. The van der Waals surface area contributed by atoms with Gasteiger partial charge in [0.05, 0.1) is 52.0 Å². The third-order valence-electron chi connectivity index (χ3n) is 5.51. The third-order valence-corrected chi connectivity index (χ3v) is 7.29. The van der Waals surface area contributed by atoms with E-state index in [4.69, 9.17) is 18.9 Å². The van der Waals surface area contributed by atoms with Gasteiger partial charge in [-0.3, -0.25) is 4.79 Å². The average molecular weight is 515 g/mol. The largest absolute Gasteiger partial charge is 0.496 e. The van der Waals surface area contributed by atoms with Gasteiger partial charge in [-0.05, 0) is 29.8 Å². The molecule has 3 aromatic carbocycles. The monoisotopic (exact) mass is 514 g/mol. The molecule has 0 aliphatic heterocycles. The lowest BCUT2D eigenvalue weighted by atomic mass is 10.1. The summed E-state index contributed by atoms with van der Waals surface area (Å²) in [7, 11) is 1.87. The zero-order chi connectivity index (χ0) is 26.1. The fraction of sp³-hybridized carbons (Fsp3) is 0.269. The number of benzene rings is 3. The zero-order valence-electron chi connectivity index (χ0n) is 20.7. The molecule has 0 aliphatic carbocycles. The van der Waals surface area contributed by atoms with Crippen LogP contribution in [0.4, 0.5) is 0 Å². The Kier molecular flexibility index (Phi) is 9.15. The second-order valence-electron chi connectivity index (χ2n) is 7.69. The number of nitrogens with one attached hydrogen (secondary N) is 1. The van der Waals surface area contributed by atoms with E-state index in [1.165, 1.54) is 46.6 Å². The molecule has 192 valence electrons. The van der Waals surface area contributed by atoms with E-state index in [-0.39, 0.29) is 23.7 Å². The van der Waals surface area contributed by atoms with Gasteiger partial charge in [0.15, 0.2) is 11.5 Å². The maximum absolute atomic E-state index is 13.6. The van der Waals surface area contributed by atoms with Crippen molar-refractivity contribution in [3.05, 3.63) is 77.9 Å². The van der Waals surface area contributed by atoms with Gasteiger partial charge in [0.1, 0.15) is 11.5 Å². The van der Waals surface area contributed by atoms with Crippen LogP contribution >= 0.6 is 0 Å². The summed E-state index contributed by atoms with van der Waals surface area (Å²) in [6.07, 6.45) is 0. The molecule has 0 heterocycles. The third kappa shape index (κ3) is 6.27. The van der Waals surface area contributed by atoms with Crippen molar-refractivity contribution in [2.45, 2.75) is 18.0 Å². The van der Waals surface area contributed by atoms with Gasteiger partial charge in [0.25, 0.3) is 0 Å². The number of hydrogen-bond acceptors (Lipinski definition) is 7. The predicted octanol–water partition coefficient (Wildman–Crippen LogP) is 3.23. The molecule has 0 atom stereocenters. The second kappa shape index (κ2) is 12.3. The number of carbonyl (C=O) groups is 1. The highest BCUT2D eigenvalue weighted by molar-refractivity contribution is 7.89. The van der Waals surface area contributed by atoms with Crippen LogP contribution in [0, 0.1) is 0 Å². The fourth-order valence-corrected chi connectivity index (χ4v) is 5.04. The lowest BCUT2D eigenvalue weighted by Crippen LogP contribution is -2.40. The first kappa shape index (κ1) is 26.8. The summed E-state index contributed by atoms with van der Waals surface area (Å²) in [5.74, 6) is 1.28. The molecule has 0 bridgehead atoms. The summed E-state index contributed by atoms with van der Waals surface area (Å²) >= 11 is 0. The molecule has 1 N–H and O–H groups in total. The molecule has 9 nitrogen and oxygen atoms in total. The van der Waals surface area contributed by atoms with Gasteiger partial charge in [0, 0.05) is 12.6 Å². The molecule has 36 heavy (non-hydrogen) atoms. The van der Waals surface area contributed by atoms with Crippen LogP contribution in [0.5, 0.6) is 23.0 Å². The van der Waals surface area contributed by atoms with Gasteiger partial charge >= 0.3 is 0 Å². The Hall–Kier alpha value is -3.76. The van der Waals surface area contributed by atoms with E-state index < -0.39 is 22.5 Å². The van der Waals surface area contributed by atoms with Crippen molar-refractivity contribution in [1.82, 2.24) is 9.62 Å². The molecule has 0 fully saturated rings. The van der Waals surface area contributed by atoms with Gasteiger partial charge < -0.3 is 24.3 Å². The molecule has 0 aromatic heterocycles. The highest BCUT2D eigenvalue weighted by Gasteiger charge is 2.28. The Morgan fingerprint density at radius 1 is 0.778 bits per heavy atom. The van der Waals surface area contributed by atoms with E-state index in [0.717, 1.165) is 9.87 Å². The molecule has 0 saturated carbocycles. The molecule has 0 unspecified atom stereocenters. The maximum atomic E-state index is 13.6. The van der Waals surface area contributed by atoms with Crippen molar-refractivity contribution in [2.24, 2.45) is 0 Å². The van der Waals surface area contributed by atoms with E-state index in [9.17, 15) is 13.2 Å². The van der Waals surface area contributed by atoms with Crippen LogP contribution in [0.3, 0.4) is 0 Å². The molecule has 3 aromatic rings. The predicted molar refractivity (Wildman–Crippen MR) is 135 cm³/mol. The summed E-state index contributed by atoms with van der Waals surface area (Å²) in [5.41, 5.74) is 1.38. The molecular formula is C26H30N2O7S. The molecule has 0 saturated heterocycles. The smallest absolute Gasteiger partial charge is 0.243 e. The first-order valence-electron chi connectivity index (χ1n) is 11.1. The normalized spacial score (nSPS) is 11.1. The number of methoxy groups -OCH3 is 4. The molecule has 3 rings (SSSR count). The van der Waals surface area contributed by atoms with Gasteiger partial charge in [-0.25, -0.2) is 8.42 Å². The van der Waals surface area contributed by atoms with E-state index in [2.05, 4.69) is 5.32 Å². The van der Waals surface area contributed by atoms with Crippen LogP contribution in [0.1, 0.15) is 11.1 Å². The van der Waals surface area contributed by atoms with Gasteiger partial charge in [-0.2, -0.15) is 4.31 Å². The quantitative estimate of drug-likeness (QED) is 0.396. The van der Waals surface area contributed by atoms with E-state index in [1.807, 2.05) is 18.2 Å². The summed E-state index contributed by atoms with van der Waals surface area (Å²) in [4.78, 5) is 13.0. The minimum atomic E-state index is -4.07. The Morgan fingerprint density at radius 3 is 1.97 bits per heavy atom. The molecule has 0 spiro atoms. The summed E-state index contributed by atoms with van der Waals surface area (Å²) < 4.78 is 49.6. The molecule has 1 amide bonds. The van der Waals surface area contributed by atoms with Crippen LogP contribution in [0.15, 0.2) is 71.6 Å². The van der Waals surface area contributed by atoms with E-state index in [1.54, 1.807) is 30.3 Å². The summed E-state index contributed by atoms with van der Waals surface area (Å²) in [5, 5.41) is 2.78. The minimum Gasteiger partial charge on any atom is -0.496 e. The van der Waals surface area contributed by atoms with Crippen molar-refractivity contribution in [1.29, 1.82) is 0 Å². The topological polar surface area (TPSA) is 103 Å². The van der Waals surface area contributed by atoms with Crippen LogP contribution in [-0.2, 0) is 27.9 Å². The Morgan fingerprint density at radius 2 is 1.39 bits per heavy atom. The maximum Gasteiger partial charge on any atom is 0.243 e. The van der Waals surface area contributed by atoms with Crippen molar-refractivity contribution < 1.29 is 32.2 Å². The SMILES string of the molecule is COc1ccc(S(=O)(=O)N(CC(=O)NCc2c(OC)cccc2OC)Cc2ccccc2)cc1OC. The number of sulfonamides is 1. The highest BCUT2D eigenvalue weighted by atomic mass is 32.2. The van der Waals surface area contributed by atoms with E-state index in [0.29, 0.717) is 22.8 Å². The van der Waals surface area contributed by atoms with Crippen LogP contribution < -0.4 is 24.3 Å². The molecule has 0 radical (unpaired) electrons. The van der Waals surface area contributed by atoms with Crippen molar-refractivity contribution >= 4 is 15.9 Å². The first-order chi connectivity index (χ1) is 17.3. The Balaban J connectivity index is 1.87. The average Bonchev–Trinajstić information content (AvgIpc) is 2.91. The number of carbonyl (C=O) groups excluding carboxylic acids is 1. The van der Waals surface area contributed by atoms with Crippen LogP contribution in [0.25, 0.3) is 0 Å². The highest BCUT2D eigenvalue weighted by Crippen LogP contribution is 2.31. The molecule has 0 aliphatic rings. The number of rotatable bonds is 12. The van der Waals surface area contributed by atoms with Gasteiger partial charge in [-0.15, -0.1) is 0 Å². The lowest BCUT2D eigenvalue weighted by molar-refractivity contribution is -0.121. The second-order valence-corrected chi connectivity index (χ2v) is 9.63. The first-order valence-corrected chi connectivity index (χ1v) is 12.5. The standard InChI is InChI=1S/C26H30N2O7S/c1-32-22-11-8-12-23(33-2)21(22)16-27-26(29)18-28(17-19-9-6-5-7-10-19)36(30,31)20-13-14-24(34-3)25(15-20)35-4/h5-15H,16-18H2,1-4H3,(H,27,29). The Bertz CT molecular complexity index is 1260. The van der Waals surface area contributed by atoms with Crippen LogP contribution in [-0.4, -0.2) is 53.6 Å². The fourth-order valence-electron chi connectivity index (χ4n) is 3.64. The van der Waals surface area contributed by atoms with Gasteiger partial charge in [-0.1, -0.05) is 36.4 Å². The Labute approximate surface area is 211 Å². The minimum absolute atomic E-state index is 0.00289. The van der Waals surface area contributed by atoms with E-state index >= 15 is 0 Å². The summed E-state index contributed by atoms with van der Waals surface area (Å²) in [6, 6.07) is 18.7. The zero-order valence-corrected chi connectivity index (χ0v) is 21.5. The molecular weight excluding hydrogens is 484 g/mol. The van der Waals surface area contributed by atoms with Gasteiger partial charge in [0.2, 0.25) is 15.9 Å². The summed E-state index contributed by atoms with van der Waals surface area (Å²) in [6.45, 7) is -0.298. The van der Waals surface area contributed by atoms with Crippen LogP contribution in [0.2, 0.25) is 0 Å². The number of ether oxygens (including phenoxy) is 4. The van der Waals surface area contributed by atoms with Crippen molar-refractivity contribution in [3.8, 4) is 23.0 Å². The number of hydrogen-bond donors (Lipinski definition) is 1.